The fourth-order valence-corrected chi connectivity index (χ4v) is 2.10. The fraction of sp³-hybridized carbons (Fsp3) is 0.417. The topological polar surface area (TPSA) is 67.2 Å². The second-order valence-corrected chi connectivity index (χ2v) is 4.06. The van der Waals surface area contributed by atoms with Gasteiger partial charge in [0.15, 0.2) is 0 Å². The molecule has 0 aromatic heterocycles. The van der Waals surface area contributed by atoms with Crippen LogP contribution in [0.3, 0.4) is 0 Å². The molecule has 4 nitrogen and oxygen atoms in total. The van der Waals surface area contributed by atoms with Gasteiger partial charge >= 0.3 is 0 Å². The van der Waals surface area contributed by atoms with E-state index in [0.29, 0.717) is 0 Å². The maximum absolute atomic E-state index is 10.8. The summed E-state index contributed by atoms with van der Waals surface area (Å²) in [5.41, 5.74) is 7.72. The van der Waals surface area contributed by atoms with Crippen LogP contribution in [-0.4, -0.2) is 19.0 Å². The maximum atomic E-state index is 10.8. The number of hydrogen-bond donors (Lipinski definition) is 3. The van der Waals surface area contributed by atoms with E-state index in [4.69, 9.17) is 5.73 Å². The van der Waals surface area contributed by atoms with E-state index in [1.807, 2.05) is 12.1 Å². The first-order valence-corrected chi connectivity index (χ1v) is 5.57. The number of carbonyl (C=O) groups excluding carboxylic acids is 1. The molecule has 0 saturated carbocycles. The zero-order valence-corrected chi connectivity index (χ0v) is 9.20. The molecule has 1 atom stereocenters. The molecule has 0 bridgehead atoms. The molecule has 0 aliphatic carbocycles. The molecule has 1 unspecified atom stereocenters. The SMILES string of the molecule is NC(=O)CNC1CCNCc2ccccc21. The van der Waals surface area contributed by atoms with E-state index in [1.54, 1.807) is 0 Å². The van der Waals surface area contributed by atoms with Crippen LogP contribution in [-0.2, 0) is 11.3 Å². The van der Waals surface area contributed by atoms with Crippen molar-refractivity contribution >= 4 is 5.91 Å². The highest BCUT2D eigenvalue weighted by atomic mass is 16.1. The van der Waals surface area contributed by atoms with Crippen LogP contribution in [0.5, 0.6) is 0 Å². The largest absolute Gasteiger partial charge is 0.369 e. The highest BCUT2D eigenvalue weighted by Gasteiger charge is 2.17. The molecule has 1 aromatic carbocycles. The summed E-state index contributed by atoms with van der Waals surface area (Å²) in [6.45, 7) is 2.08. The lowest BCUT2D eigenvalue weighted by atomic mass is 9.99. The molecule has 0 saturated heterocycles. The van der Waals surface area contributed by atoms with Gasteiger partial charge in [-0.05, 0) is 24.1 Å². The Bertz CT molecular complexity index is 378. The van der Waals surface area contributed by atoms with Crippen LogP contribution in [0.4, 0.5) is 0 Å². The number of carbonyl (C=O) groups is 1. The van der Waals surface area contributed by atoms with Crippen molar-refractivity contribution in [3.8, 4) is 0 Å². The first-order valence-electron chi connectivity index (χ1n) is 5.57. The molecule has 1 heterocycles. The van der Waals surface area contributed by atoms with Gasteiger partial charge in [0.2, 0.25) is 5.91 Å². The summed E-state index contributed by atoms with van der Waals surface area (Å²) in [6.07, 6.45) is 0.976. The molecule has 1 amide bonds. The normalized spacial score (nSPS) is 19.9. The van der Waals surface area contributed by atoms with Crippen LogP contribution in [0.1, 0.15) is 23.6 Å². The molecular formula is C12H17N3O. The van der Waals surface area contributed by atoms with Crippen molar-refractivity contribution in [2.24, 2.45) is 5.73 Å². The van der Waals surface area contributed by atoms with E-state index >= 15 is 0 Å². The van der Waals surface area contributed by atoms with E-state index in [0.717, 1.165) is 19.5 Å². The quantitative estimate of drug-likeness (QED) is 0.685. The predicted octanol–water partition coefficient (Wildman–Crippen LogP) is 0.296. The zero-order valence-electron chi connectivity index (χ0n) is 9.20. The van der Waals surface area contributed by atoms with Gasteiger partial charge < -0.3 is 16.4 Å². The lowest BCUT2D eigenvalue weighted by Crippen LogP contribution is -2.32. The average molecular weight is 219 g/mol. The van der Waals surface area contributed by atoms with E-state index in [9.17, 15) is 4.79 Å². The van der Waals surface area contributed by atoms with E-state index in [1.165, 1.54) is 11.1 Å². The minimum absolute atomic E-state index is 0.221. The number of nitrogens with one attached hydrogen (secondary N) is 2. The Morgan fingerprint density at radius 2 is 2.31 bits per heavy atom. The molecule has 2 rings (SSSR count). The highest BCUT2D eigenvalue weighted by Crippen LogP contribution is 2.22. The number of rotatable bonds is 3. The summed E-state index contributed by atoms with van der Waals surface area (Å²) in [4.78, 5) is 10.8. The number of benzene rings is 1. The van der Waals surface area contributed by atoms with Crippen molar-refractivity contribution in [2.75, 3.05) is 13.1 Å². The number of nitrogens with two attached hydrogens (primary N) is 1. The maximum Gasteiger partial charge on any atom is 0.231 e. The van der Waals surface area contributed by atoms with Crippen molar-refractivity contribution in [3.63, 3.8) is 0 Å². The Morgan fingerprint density at radius 1 is 1.50 bits per heavy atom. The van der Waals surface area contributed by atoms with Gasteiger partial charge in [-0.3, -0.25) is 4.79 Å². The van der Waals surface area contributed by atoms with Crippen LogP contribution in [0, 0.1) is 0 Å². The summed E-state index contributed by atoms with van der Waals surface area (Å²) >= 11 is 0. The second kappa shape index (κ2) is 5.09. The summed E-state index contributed by atoms with van der Waals surface area (Å²) in [5.74, 6) is -0.310. The number of primary amides is 1. The minimum Gasteiger partial charge on any atom is -0.369 e. The van der Waals surface area contributed by atoms with Crippen molar-refractivity contribution in [3.05, 3.63) is 35.4 Å². The Morgan fingerprint density at radius 3 is 3.12 bits per heavy atom. The molecule has 1 aliphatic heterocycles. The molecule has 86 valence electrons. The molecule has 1 aromatic rings. The lowest BCUT2D eigenvalue weighted by molar-refractivity contribution is -0.117. The first kappa shape index (κ1) is 11.1. The van der Waals surface area contributed by atoms with E-state index in [-0.39, 0.29) is 18.5 Å². The van der Waals surface area contributed by atoms with Crippen LogP contribution >= 0.6 is 0 Å². The van der Waals surface area contributed by atoms with Gasteiger partial charge in [0, 0.05) is 12.6 Å². The lowest BCUT2D eigenvalue weighted by Gasteiger charge is -2.17. The van der Waals surface area contributed by atoms with Gasteiger partial charge in [-0.1, -0.05) is 24.3 Å². The van der Waals surface area contributed by atoms with Gasteiger partial charge in [0.1, 0.15) is 0 Å². The monoisotopic (exact) mass is 219 g/mol. The van der Waals surface area contributed by atoms with E-state index in [2.05, 4.69) is 22.8 Å². The third kappa shape index (κ3) is 2.59. The summed E-state index contributed by atoms with van der Waals surface area (Å²) in [6, 6.07) is 8.52. The molecule has 4 N–H and O–H groups in total. The standard InChI is InChI=1S/C12H17N3O/c13-12(16)8-15-11-5-6-14-7-9-3-1-2-4-10(9)11/h1-4,11,14-15H,5-8H2,(H2,13,16). The Balaban J connectivity index is 2.15. The second-order valence-electron chi connectivity index (χ2n) is 4.06. The Hall–Kier alpha value is -1.39. The third-order valence-electron chi connectivity index (χ3n) is 2.88. The third-order valence-corrected chi connectivity index (χ3v) is 2.88. The number of hydrogen-bond acceptors (Lipinski definition) is 3. The highest BCUT2D eigenvalue weighted by molar-refractivity contribution is 5.75. The molecule has 16 heavy (non-hydrogen) atoms. The van der Waals surface area contributed by atoms with E-state index < -0.39 is 0 Å². The van der Waals surface area contributed by atoms with Crippen LogP contribution in [0.15, 0.2) is 24.3 Å². The van der Waals surface area contributed by atoms with Crippen LogP contribution in [0.25, 0.3) is 0 Å². The summed E-state index contributed by atoms with van der Waals surface area (Å²) < 4.78 is 0. The Labute approximate surface area is 95.2 Å². The number of amides is 1. The van der Waals surface area contributed by atoms with Gasteiger partial charge in [-0.15, -0.1) is 0 Å². The fourth-order valence-electron chi connectivity index (χ4n) is 2.10. The molecule has 0 spiro atoms. The van der Waals surface area contributed by atoms with Gasteiger partial charge in [-0.2, -0.15) is 0 Å². The zero-order chi connectivity index (χ0) is 11.4. The smallest absolute Gasteiger partial charge is 0.231 e. The number of fused-ring (bicyclic) bond motifs is 1. The first-order chi connectivity index (χ1) is 7.77. The van der Waals surface area contributed by atoms with Gasteiger partial charge in [-0.25, -0.2) is 0 Å². The molecular weight excluding hydrogens is 202 g/mol. The van der Waals surface area contributed by atoms with Gasteiger partial charge in [0.05, 0.1) is 6.54 Å². The van der Waals surface area contributed by atoms with Crippen LogP contribution < -0.4 is 16.4 Å². The molecule has 1 aliphatic rings. The van der Waals surface area contributed by atoms with Gasteiger partial charge in [0.25, 0.3) is 0 Å². The minimum atomic E-state index is -0.310. The van der Waals surface area contributed by atoms with Crippen molar-refractivity contribution < 1.29 is 4.79 Å². The summed E-state index contributed by atoms with van der Waals surface area (Å²) in [7, 11) is 0. The predicted molar refractivity (Wildman–Crippen MR) is 62.7 cm³/mol. The Kier molecular flexibility index (Phi) is 3.54. The van der Waals surface area contributed by atoms with Crippen molar-refractivity contribution in [2.45, 2.75) is 19.0 Å². The molecule has 0 fully saturated rings. The van der Waals surface area contributed by atoms with Crippen molar-refractivity contribution in [1.82, 2.24) is 10.6 Å². The molecule has 4 heteroatoms. The molecule has 0 radical (unpaired) electrons. The summed E-state index contributed by atoms with van der Waals surface area (Å²) in [5, 5.41) is 6.57. The average Bonchev–Trinajstić information content (AvgIpc) is 2.48. The van der Waals surface area contributed by atoms with Crippen LogP contribution in [0.2, 0.25) is 0 Å². The van der Waals surface area contributed by atoms with Crippen molar-refractivity contribution in [1.29, 1.82) is 0 Å².